The molecule has 7 aromatic rings. The van der Waals surface area contributed by atoms with Crippen LogP contribution in [0, 0.1) is 11.6 Å². The van der Waals surface area contributed by atoms with E-state index in [-0.39, 0.29) is 22.6 Å². The molecule has 3 aromatic carbocycles. The summed E-state index contributed by atoms with van der Waals surface area (Å²) >= 11 is 0. The van der Waals surface area contributed by atoms with E-state index in [0.717, 1.165) is 10.6 Å². The minimum atomic E-state index is -3.80. The minimum absolute atomic E-state index is 0.177. The Balaban J connectivity index is 1.37. The number of furan rings is 1. The maximum atomic E-state index is 15.4. The van der Waals surface area contributed by atoms with Crippen LogP contribution < -0.4 is 9.62 Å². The van der Waals surface area contributed by atoms with E-state index in [1.165, 1.54) is 50.5 Å². The van der Waals surface area contributed by atoms with Gasteiger partial charge in [-0.2, -0.15) is 0 Å². The molecule has 8 rings (SSSR count). The van der Waals surface area contributed by atoms with Crippen LogP contribution >= 0.6 is 0 Å². The second-order valence-electron chi connectivity index (χ2n) is 12.8. The summed E-state index contributed by atoms with van der Waals surface area (Å²) in [6.45, 7) is 1.25. The van der Waals surface area contributed by atoms with Crippen molar-refractivity contribution in [3.8, 4) is 22.6 Å². The van der Waals surface area contributed by atoms with Crippen molar-refractivity contribution in [3.63, 3.8) is 0 Å². The van der Waals surface area contributed by atoms with Gasteiger partial charge in [-0.1, -0.05) is 6.07 Å². The third-order valence-electron chi connectivity index (χ3n) is 9.48. The summed E-state index contributed by atoms with van der Waals surface area (Å²) in [4.78, 5) is 28.6. The van der Waals surface area contributed by atoms with Crippen LogP contribution in [-0.4, -0.2) is 80.3 Å². The van der Waals surface area contributed by atoms with Crippen molar-refractivity contribution in [3.05, 3.63) is 89.6 Å². The maximum absolute atomic E-state index is 15.4. The highest BCUT2D eigenvalue weighted by Crippen LogP contribution is 2.42. The van der Waals surface area contributed by atoms with Crippen molar-refractivity contribution in [1.29, 1.82) is 0 Å². The third-order valence-corrected chi connectivity index (χ3v) is 10.7. The highest BCUT2D eigenvalue weighted by atomic mass is 32.2. The first-order valence-corrected chi connectivity index (χ1v) is 18.0. The first-order valence-electron chi connectivity index (χ1n) is 16.2. The number of hydrogen-bond acceptors (Lipinski definition) is 7. The number of sulfonamides is 1. The zero-order valence-corrected chi connectivity index (χ0v) is 28.5. The molecule has 1 fully saturated rings. The average Bonchev–Trinajstić information content (AvgIpc) is 3.68. The van der Waals surface area contributed by atoms with E-state index in [2.05, 4.69) is 10.3 Å². The highest BCUT2D eigenvalue weighted by molar-refractivity contribution is 7.92. The number of nitrogens with one attached hydrogen (secondary N) is 2. The predicted octanol–water partition coefficient (Wildman–Crippen LogP) is 6.57. The van der Waals surface area contributed by atoms with E-state index in [1.807, 2.05) is 4.90 Å². The Morgan fingerprint density at radius 2 is 1.82 bits per heavy atom. The number of nitrogens with zero attached hydrogens (tertiary/aromatic N) is 4. The molecule has 14 heteroatoms. The van der Waals surface area contributed by atoms with Gasteiger partial charge in [0.05, 0.1) is 39.9 Å². The molecule has 0 radical (unpaired) electrons. The number of aromatic amines is 1. The van der Waals surface area contributed by atoms with Gasteiger partial charge in [0.15, 0.2) is 0 Å². The predicted molar refractivity (Wildman–Crippen MR) is 191 cm³/mol. The molecule has 1 aliphatic rings. The number of alkyl halides is 1. The summed E-state index contributed by atoms with van der Waals surface area (Å²) in [5, 5.41) is 3.96. The fraction of sp³-hybridized carbons (Fsp3) is 0.216. The van der Waals surface area contributed by atoms with E-state index in [9.17, 15) is 22.0 Å². The molecule has 5 heterocycles. The van der Waals surface area contributed by atoms with E-state index in [0.29, 0.717) is 86.8 Å². The van der Waals surface area contributed by atoms with Crippen molar-refractivity contribution in [1.82, 2.24) is 25.2 Å². The number of aromatic nitrogens is 3. The highest BCUT2D eigenvalue weighted by Gasteiger charge is 2.28. The normalized spacial score (nSPS) is 14.2. The lowest BCUT2D eigenvalue weighted by atomic mass is 10.0. The Bertz CT molecular complexity index is 2650. The number of likely N-dealkylation sites (tertiary alicyclic amines) is 1. The summed E-state index contributed by atoms with van der Waals surface area (Å²) in [5.74, 6) is -1.17. The molecule has 0 spiro atoms. The zero-order valence-electron chi connectivity index (χ0n) is 27.7. The number of H-pyrrole nitrogens is 1. The molecule has 0 atom stereocenters. The van der Waals surface area contributed by atoms with Crippen LogP contribution in [0.15, 0.2) is 71.1 Å². The number of benzene rings is 3. The topological polar surface area (TPSA) is 124 Å². The van der Waals surface area contributed by atoms with E-state index in [1.54, 1.807) is 30.3 Å². The van der Waals surface area contributed by atoms with Gasteiger partial charge in [0.25, 0.3) is 5.91 Å². The van der Waals surface area contributed by atoms with Crippen LogP contribution in [0.25, 0.3) is 66.4 Å². The molecule has 10 nitrogen and oxygen atoms in total. The van der Waals surface area contributed by atoms with Gasteiger partial charge < -0.3 is 14.7 Å². The lowest BCUT2D eigenvalue weighted by Crippen LogP contribution is -2.48. The fourth-order valence-corrected chi connectivity index (χ4v) is 7.32. The van der Waals surface area contributed by atoms with Crippen LogP contribution in [0.3, 0.4) is 0 Å². The molecule has 0 bridgehead atoms. The number of amides is 1. The minimum Gasteiger partial charge on any atom is -0.455 e. The molecule has 2 N–H and O–H groups in total. The van der Waals surface area contributed by atoms with Crippen molar-refractivity contribution < 1.29 is 30.8 Å². The smallest absolute Gasteiger partial charge is 0.255 e. The first-order chi connectivity index (χ1) is 24.4. The number of fused-ring (bicyclic) bond motifs is 6. The average molecular weight is 713 g/mol. The van der Waals surface area contributed by atoms with E-state index >= 15 is 4.39 Å². The van der Waals surface area contributed by atoms with Gasteiger partial charge in [0.1, 0.15) is 34.7 Å². The third kappa shape index (κ3) is 5.54. The summed E-state index contributed by atoms with van der Waals surface area (Å²) < 4.78 is 76.0. The molecule has 260 valence electrons. The van der Waals surface area contributed by atoms with Crippen LogP contribution in [0.1, 0.15) is 16.1 Å². The lowest BCUT2D eigenvalue weighted by Gasteiger charge is -2.34. The van der Waals surface area contributed by atoms with Gasteiger partial charge in [0, 0.05) is 79.0 Å². The molecule has 1 amide bonds. The Morgan fingerprint density at radius 3 is 2.53 bits per heavy atom. The van der Waals surface area contributed by atoms with Crippen LogP contribution in [0.2, 0.25) is 0 Å². The molecule has 51 heavy (non-hydrogen) atoms. The van der Waals surface area contributed by atoms with Crippen molar-refractivity contribution >= 4 is 65.4 Å². The fourth-order valence-electron chi connectivity index (χ4n) is 6.81. The van der Waals surface area contributed by atoms with Crippen LogP contribution in [0.5, 0.6) is 0 Å². The molecule has 4 aromatic heterocycles. The Kier molecular flexibility index (Phi) is 7.76. The van der Waals surface area contributed by atoms with Crippen molar-refractivity contribution in [2.75, 3.05) is 44.3 Å². The van der Waals surface area contributed by atoms with Gasteiger partial charge in [-0.25, -0.2) is 26.6 Å². The Morgan fingerprint density at radius 1 is 1.06 bits per heavy atom. The second kappa shape index (κ2) is 12.1. The van der Waals surface area contributed by atoms with Gasteiger partial charge >= 0.3 is 0 Å². The molecule has 1 aliphatic heterocycles. The zero-order chi connectivity index (χ0) is 35.8. The lowest BCUT2D eigenvalue weighted by molar-refractivity contribution is 0.0669. The molecular formula is C37H31F3N6O4S. The van der Waals surface area contributed by atoms with Crippen molar-refractivity contribution in [2.24, 2.45) is 0 Å². The molecule has 1 saturated heterocycles. The summed E-state index contributed by atoms with van der Waals surface area (Å²) in [7, 11) is -0.921. The molecule has 0 aliphatic carbocycles. The molecular weight excluding hydrogens is 682 g/mol. The summed E-state index contributed by atoms with van der Waals surface area (Å²) in [6, 6.07) is 16.9. The summed E-state index contributed by atoms with van der Waals surface area (Å²) in [6.07, 6.45) is 0.678. The number of hydrogen-bond donors (Lipinski definition) is 2. The SMILES string of the molecule is CNC(=O)c1c(-c2ccc(F)cc2)oc2cc(N(C)S(C)(=O)=O)c(-c3ccc4nc(CCN5CC(F)C5)c5c([nH]c6cccc(F)c65)c4n3)cc12. The maximum Gasteiger partial charge on any atom is 0.255 e. The monoisotopic (exact) mass is 712 g/mol. The number of pyridine rings is 2. The quantitative estimate of drug-likeness (QED) is 0.183. The largest absolute Gasteiger partial charge is 0.455 e. The first kappa shape index (κ1) is 32.7. The molecule has 0 unspecified atom stereocenters. The molecule has 0 saturated carbocycles. The van der Waals surface area contributed by atoms with Gasteiger partial charge in [-0.3, -0.25) is 19.0 Å². The standard InChI is InChI=1S/C37H31F3N6O4S/c1-41-37(47)31-23-15-22(29(45(2)51(3,48)49)16-30(23)50-36(31)19-7-9-20(38)10-8-19)25-11-12-28-34(43-25)35-33(32-24(40)5-4-6-26(32)44-35)27(42-28)13-14-46-17-21(39)18-46/h4-12,15-16,21,44H,13-14,17-18H2,1-3H3,(H,41,47). The van der Waals surface area contributed by atoms with Gasteiger partial charge in [-0.05, 0) is 54.6 Å². The van der Waals surface area contributed by atoms with E-state index < -0.39 is 33.7 Å². The Hall–Kier alpha value is -5.47. The number of carbonyl (C=O) groups excluding carboxylic acids is 1. The summed E-state index contributed by atoms with van der Waals surface area (Å²) in [5.41, 5.74) is 4.50. The number of halogens is 3. The number of anilines is 1. The second-order valence-corrected chi connectivity index (χ2v) is 14.8. The Labute approximate surface area is 289 Å². The number of carbonyl (C=O) groups is 1. The van der Waals surface area contributed by atoms with Crippen molar-refractivity contribution in [2.45, 2.75) is 12.6 Å². The van der Waals surface area contributed by atoms with E-state index in [4.69, 9.17) is 14.4 Å². The van der Waals surface area contributed by atoms with Gasteiger partial charge in [0.2, 0.25) is 10.0 Å². The van der Waals surface area contributed by atoms with Crippen LogP contribution in [-0.2, 0) is 16.4 Å². The number of rotatable bonds is 8. The van der Waals surface area contributed by atoms with Gasteiger partial charge in [-0.15, -0.1) is 0 Å². The van der Waals surface area contributed by atoms with Crippen LogP contribution in [0.4, 0.5) is 18.9 Å².